The van der Waals surface area contributed by atoms with Crippen LogP contribution in [0.3, 0.4) is 0 Å². The van der Waals surface area contributed by atoms with E-state index in [-0.39, 0.29) is 17.7 Å². The van der Waals surface area contributed by atoms with Crippen molar-refractivity contribution >= 4 is 11.9 Å². The molecule has 3 N–H and O–H groups in total. The van der Waals surface area contributed by atoms with Crippen LogP contribution in [0, 0.1) is 0 Å². The van der Waals surface area contributed by atoms with Gasteiger partial charge < -0.3 is 15.5 Å². The van der Waals surface area contributed by atoms with Crippen molar-refractivity contribution in [2.75, 3.05) is 31.9 Å². The van der Waals surface area contributed by atoms with Gasteiger partial charge in [-0.05, 0) is 38.8 Å². The van der Waals surface area contributed by atoms with Gasteiger partial charge in [0.2, 0.25) is 11.8 Å². The standard InChI is InChI=1S/C13H22N6O/c14-13-15-11(16-17-13)12(20)19-8-4-10(5-9-19)18-6-2-1-3-7-18/h10H,1-9H2,(H3,14,15,16,17). The molecule has 2 aliphatic heterocycles. The van der Waals surface area contributed by atoms with Gasteiger partial charge in [0.1, 0.15) is 0 Å². The van der Waals surface area contributed by atoms with Crippen molar-refractivity contribution in [3.05, 3.63) is 5.82 Å². The predicted octanol–water partition coefficient (Wildman–Crippen LogP) is 0.477. The van der Waals surface area contributed by atoms with E-state index >= 15 is 0 Å². The molecule has 110 valence electrons. The molecule has 2 saturated heterocycles. The van der Waals surface area contributed by atoms with E-state index in [0.29, 0.717) is 6.04 Å². The second-order valence-corrected chi connectivity index (χ2v) is 5.66. The van der Waals surface area contributed by atoms with Crippen LogP contribution >= 0.6 is 0 Å². The number of nitrogens with two attached hydrogens (primary N) is 1. The Kier molecular flexibility index (Phi) is 3.86. The SMILES string of the molecule is Nc1n[nH]c(C(=O)N2CCC(N3CCCCC3)CC2)n1. The zero-order valence-corrected chi connectivity index (χ0v) is 11.7. The normalized spacial score (nSPS) is 22.1. The zero-order chi connectivity index (χ0) is 13.9. The lowest BCUT2D eigenvalue weighted by molar-refractivity contribution is 0.0579. The molecular weight excluding hydrogens is 256 g/mol. The first-order chi connectivity index (χ1) is 9.74. The maximum atomic E-state index is 12.2. The molecule has 0 bridgehead atoms. The molecule has 2 aliphatic rings. The van der Waals surface area contributed by atoms with Gasteiger partial charge in [-0.15, -0.1) is 5.10 Å². The summed E-state index contributed by atoms with van der Waals surface area (Å²) in [6.07, 6.45) is 6.10. The Labute approximate surface area is 118 Å². The lowest BCUT2D eigenvalue weighted by Gasteiger charge is -2.40. The van der Waals surface area contributed by atoms with Gasteiger partial charge in [0, 0.05) is 19.1 Å². The number of amides is 1. The highest BCUT2D eigenvalue weighted by Gasteiger charge is 2.29. The minimum atomic E-state index is -0.0914. The summed E-state index contributed by atoms with van der Waals surface area (Å²) in [5, 5.41) is 6.30. The third kappa shape index (κ3) is 2.77. The Morgan fingerprint density at radius 2 is 1.85 bits per heavy atom. The summed E-state index contributed by atoms with van der Waals surface area (Å²) in [6.45, 7) is 4.02. The number of carbonyl (C=O) groups is 1. The first-order valence-corrected chi connectivity index (χ1v) is 7.45. The van der Waals surface area contributed by atoms with Gasteiger partial charge in [-0.1, -0.05) is 6.42 Å². The van der Waals surface area contributed by atoms with E-state index in [4.69, 9.17) is 5.73 Å². The molecule has 0 saturated carbocycles. The Balaban J connectivity index is 1.54. The third-order valence-corrected chi connectivity index (χ3v) is 4.36. The number of aromatic amines is 1. The maximum Gasteiger partial charge on any atom is 0.291 e. The first kappa shape index (κ1) is 13.4. The van der Waals surface area contributed by atoms with Crippen LogP contribution in [-0.4, -0.2) is 63.1 Å². The van der Waals surface area contributed by atoms with E-state index in [2.05, 4.69) is 20.1 Å². The fourth-order valence-electron chi connectivity index (χ4n) is 3.24. The highest BCUT2D eigenvalue weighted by molar-refractivity contribution is 5.90. The van der Waals surface area contributed by atoms with E-state index in [1.54, 1.807) is 0 Å². The first-order valence-electron chi connectivity index (χ1n) is 7.45. The monoisotopic (exact) mass is 278 g/mol. The van der Waals surface area contributed by atoms with Crippen molar-refractivity contribution in [1.82, 2.24) is 25.0 Å². The molecular formula is C13H22N6O. The van der Waals surface area contributed by atoms with E-state index in [1.165, 1.54) is 32.4 Å². The Morgan fingerprint density at radius 1 is 1.15 bits per heavy atom. The summed E-state index contributed by atoms with van der Waals surface area (Å²) in [7, 11) is 0. The van der Waals surface area contributed by atoms with Crippen LogP contribution in [0.5, 0.6) is 0 Å². The molecule has 0 aliphatic carbocycles. The largest absolute Gasteiger partial charge is 0.366 e. The van der Waals surface area contributed by atoms with Crippen LogP contribution in [0.4, 0.5) is 5.95 Å². The van der Waals surface area contributed by atoms with Crippen LogP contribution in [-0.2, 0) is 0 Å². The molecule has 2 fully saturated rings. The van der Waals surface area contributed by atoms with Gasteiger partial charge >= 0.3 is 0 Å². The van der Waals surface area contributed by atoms with Gasteiger partial charge in [-0.25, -0.2) is 0 Å². The smallest absolute Gasteiger partial charge is 0.291 e. The number of anilines is 1. The van der Waals surface area contributed by atoms with Crippen LogP contribution in [0.2, 0.25) is 0 Å². The van der Waals surface area contributed by atoms with E-state index in [9.17, 15) is 4.79 Å². The number of likely N-dealkylation sites (tertiary alicyclic amines) is 2. The number of piperidine rings is 2. The molecule has 1 aromatic rings. The zero-order valence-electron chi connectivity index (χ0n) is 11.7. The summed E-state index contributed by atoms with van der Waals surface area (Å²) in [5.74, 6) is 0.279. The Hall–Kier alpha value is -1.63. The minimum absolute atomic E-state index is 0.0914. The van der Waals surface area contributed by atoms with E-state index < -0.39 is 0 Å². The molecule has 3 heterocycles. The molecule has 0 radical (unpaired) electrons. The predicted molar refractivity (Wildman–Crippen MR) is 75.1 cm³/mol. The summed E-state index contributed by atoms with van der Waals surface area (Å²) in [4.78, 5) is 20.6. The second-order valence-electron chi connectivity index (χ2n) is 5.66. The fourth-order valence-corrected chi connectivity index (χ4v) is 3.24. The number of hydrogen-bond donors (Lipinski definition) is 2. The summed E-state index contributed by atoms with van der Waals surface area (Å²) >= 11 is 0. The fraction of sp³-hybridized carbons (Fsp3) is 0.769. The molecule has 0 aromatic carbocycles. The average Bonchev–Trinajstić information content (AvgIpc) is 2.94. The summed E-state index contributed by atoms with van der Waals surface area (Å²) in [5.41, 5.74) is 5.43. The summed E-state index contributed by atoms with van der Waals surface area (Å²) < 4.78 is 0. The quantitative estimate of drug-likeness (QED) is 0.821. The van der Waals surface area contributed by atoms with Crippen molar-refractivity contribution in [2.24, 2.45) is 0 Å². The molecule has 20 heavy (non-hydrogen) atoms. The van der Waals surface area contributed by atoms with Crippen LogP contribution in [0.1, 0.15) is 42.7 Å². The number of H-pyrrole nitrogens is 1. The lowest BCUT2D eigenvalue weighted by Crippen LogP contribution is -2.48. The highest BCUT2D eigenvalue weighted by atomic mass is 16.2. The summed E-state index contributed by atoms with van der Waals surface area (Å²) in [6, 6.07) is 0.638. The molecule has 7 heteroatoms. The number of rotatable bonds is 2. The van der Waals surface area contributed by atoms with Gasteiger partial charge in [0.15, 0.2) is 0 Å². The lowest BCUT2D eigenvalue weighted by atomic mass is 10.00. The molecule has 0 atom stereocenters. The van der Waals surface area contributed by atoms with Crippen LogP contribution < -0.4 is 5.73 Å². The molecule has 7 nitrogen and oxygen atoms in total. The average molecular weight is 278 g/mol. The van der Waals surface area contributed by atoms with Crippen LogP contribution in [0.15, 0.2) is 0 Å². The van der Waals surface area contributed by atoms with Crippen molar-refractivity contribution in [3.63, 3.8) is 0 Å². The molecule has 1 amide bonds. The van der Waals surface area contributed by atoms with Gasteiger partial charge in [0.05, 0.1) is 0 Å². The number of nitrogens with zero attached hydrogens (tertiary/aromatic N) is 4. The molecule has 0 unspecified atom stereocenters. The molecule has 3 rings (SSSR count). The second kappa shape index (κ2) is 5.78. The van der Waals surface area contributed by atoms with Crippen molar-refractivity contribution in [1.29, 1.82) is 0 Å². The van der Waals surface area contributed by atoms with Crippen LogP contribution in [0.25, 0.3) is 0 Å². The topological polar surface area (TPSA) is 91.1 Å². The number of nitrogen functional groups attached to an aromatic ring is 1. The Bertz CT molecular complexity index is 459. The Morgan fingerprint density at radius 3 is 2.45 bits per heavy atom. The van der Waals surface area contributed by atoms with E-state index in [1.807, 2.05) is 4.90 Å². The molecule has 1 aromatic heterocycles. The van der Waals surface area contributed by atoms with Gasteiger partial charge in [0.25, 0.3) is 5.91 Å². The highest BCUT2D eigenvalue weighted by Crippen LogP contribution is 2.21. The van der Waals surface area contributed by atoms with Gasteiger partial charge in [-0.2, -0.15) is 4.98 Å². The number of hydrogen-bond acceptors (Lipinski definition) is 5. The van der Waals surface area contributed by atoms with Crippen molar-refractivity contribution in [3.8, 4) is 0 Å². The molecule has 0 spiro atoms. The number of carbonyl (C=O) groups excluding carboxylic acids is 1. The van der Waals surface area contributed by atoms with Gasteiger partial charge in [-0.3, -0.25) is 9.89 Å². The third-order valence-electron chi connectivity index (χ3n) is 4.36. The maximum absolute atomic E-state index is 12.2. The van der Waals surface area contributed by atoms with Crippen molar-refractivity contribution in [2.45, 2.75) is 38.1 Å². The number of nitrogens with one attached hydrogen (secondary N) is 1. The van der Waals surface area contributed by atoms with Crippen molar-refractivity contribution < 1.29 is 4.79 Å². The number of aromatic nitrogens is 3. The minimum Gasteiger partial charge on any atom is -0.366 e. The van der Waals surface area contributed by atoms with E-state index in [0.717, 1.165) is 25.9 Å².